The third kappa shape index (κ3) is 3.87. The average Bonchev–Trinajstić information content (AvgIpc) is 2.80. The summed E-state index contributed by atoms with van der Waals surface area (Å²) in [5.41, 5.74) is 0.511. The molecule has 18 heavy (non-hydrogen) atoms. The predicted molar refractivity (Wildman–Crippen MR) is 74.4 cm³/mol. The summed E-state index contributed by atoms with van der Waals surface area (Å²) < 4.78 is 0. The van der Waals surface area contributed by atoms with Gasteiger partial charge in [-0.05, 0) is 50.0 Å². The Labute approximate surface area is 117 Å². The van der Waals surface area contributed by atoms with Crippen molar-refractivity contribution in [3.05, 3.63) is 33.8 Å². The Morgan fingerprint density at radius 1 is 1.33 bits per heavy atom. The molecule has 1 aromatic carbocycles. The number of benzene rings is 1. The number of hydrogen-bond acceptors (Lipinski definition) is 2. The van der Waals surface area contributed by atoms with Gasteiger partial charge in [-0.2, -0.15) is 0 Å². The molecular weight excluding hydrogens is 271 g/mol. The topological polar surface area (TPSA) is 41.1 Å². The molecule has 0 aliphatic carbocycles. The first-order valence-corrected chi connectivity index (χ1v) is 6.86. The third-order valence-corrected chi connectivity index (χ3v) is 3.56. The van der Waals surface area contributed by atoms with Crippen LogP contribution in [0.2, 0.25) is 10.0 Å². The van der Waals surface area contributed by atoms with Crippen molar-refractivity contribution in [3.8, 4) is 0 Å². The van der Waals surface area contributed by atoms with Gasteiger partial charge in [0.15, 0.2) is 0 Å². The first-order chi connectivity index (χ1) is 8.65. The second-order valence-electron chi connectivity index (χ2n) is 4.56. The van der Waals surface area contributed by atoms with Crippen molar-refractivity contribution >= 4 is 29.1 Å². The van der Waals surface area contributed by atoms with Gasteiger partial charge in [-0.25, -0.2) is 0 Å². The Bertz CT molecular complexity index is 411. The van der Waals surface area contributed by atoms with E-state index >= 15 is 0 Å². The van der Waals surface area contributed by atoms with E-state index in [4.69, 9.17) is 23.2 Å². The second kappa shape index (κ2) is 6.41. The minimum absolute atomic E-state index is 0.120. The fourth-order valence-corrected chi connectivity index (χ4v) is 2.66. The summed E-state index contributed by atoms with van der Waals surface area (Å²) in [6, 6.07) is 4.86. The van der Waals surface area contributed by atoms with Crippen LogP contribution < -0.4 is 10.6 Å². The number of halogens is 2. The van der Waals surface area contributed by atoms with Crippen LogP contribution in [-0.4, -0.2) is 25.5 Å². The maximum Gasteiger partial charge on any atom is 0.251 e. The Balaban J connectivity index is 1.83. The highest BCUT2D eigenvalue weighted by molar-refractivity contribution is 6.35. The molecule has 2 N–H and O–H groups in total. The predicted octanol–water partition coefficient (Wildman–Crippen LogP) is 2.72. The molecule has 0 radical (unpaired) electrons. The van der Waals surface area contributed by atoms with E-state index in [1.807, 2.05) is 0 Å². The molecule has 1 atom stereocenters. The van der Waals surface area contributed by atoms with Crippen LogP contribution in [0.5, 0.6) is 0 Å². The van der Waals surface area contributed by atoms with Crippen molar-refractivity contribution < 1.29 is 4.79 Å². The van der Waals surface area contributed by atoms with Crippen LogP contribution in [0.1, 0.15) is 23.2 Å². The Morgan fingerprint density at radius 3 is 2.67 bits per heavy atom. The minimum Gasteiger partial charge on any atom is -0.352 e. The summed E-state index contributed by atoms with van der Waals surface area (Å²) in [6.07, 6.45) is 2.20. The molecule has 2 rings (SSSR count). The Hall–Kier alpha value is -0.770. The monoisotopic (exact) mass is 286 g/mol. The van der Waals surface area contributed by atoms with Crippen molar-refractivity contribution in [3.63, 3.8) is 0 Å². The zero-order valence-electron chi connectivity index (χ0n) is 10.0. The molecule has 1 heterocycles. The lowest BCUT2D eigenvalue weighted by atomic mass is 10.1. The number of carbonyl (C=O) groups is 1. The molecule has 0 spiro atoms. The molecule has 1 aromatic rings. The third-order valence-electron chi connectivity index (χ3n) is 3.13. The summed E-state index contributed by atoms with van der Waals surface area (Å²) in [5.74, 6) is 0.554. The van der Waals surface area contributed by atoms with E-state index in [2.05, 4.69) is 10.6 Å². The fraction of sp³-hybridized carbons (Fsp3) is 0.462. The van der Waals surface area contributed by atoms with Gasteiger partial charge in [0, 0.05) is 22.2 Å². The van der Waals surface area contributed by atoms with Gasteiger partial charge in [-0.1, -0.05) is 23.2 Å². The maximum absolute atomic E-state index is 11.9. The van der Waals surface area contributed by atoms with Crippen LogP contribution in [0.25, 0.3) is 0 Å². The van der Waals surface area contributed by atoms with E-state index in [9.17, 15) is 4.79 Å². The zero-order valence-corrected chi connectivity index (χ0v) is 11.5. The molecule has 1 aliphatic rings. The fourth-order valence-electron chi connectivity index (χ4n) is 2.14. The van der Waals surface area contributed by atoms with Crippen LogP contribution in [0, 0.1) is 5.92 Å². The van der Waals surface area contributed by atoms with Crippen molar-refractivity contribution in [1.29, 1.82) is 0 Å². The van der Waals surface area contributed by atoms with Crippen molar-refractivity contribution in [2.75, 3.05) is 19.6 Å². The molecule has 0 saturated carbocycles. The summed E-state index contributed by atoms with van der Waals surface area (Å²) >= 11 is 11.7. The molecule has 3 nitrogen and oxygen atoms in total. The number of rotatable bonds is 4. The first-order valence-electron chi connectivity index (χ1n) is 6.10. The van der Waals surface area contributed by atoms with Crippen LogP contribution >= 0.6 is 23.2 Å². The van der Waals surface area contributed by atoms with Gasteiger partial charge >= 0.3 is 0 Å². The summed E-state index contributed by atoms with van der Waals surface area (Å²) in [6.45, 7) is 2.83. The SMILES string of the molecule is O=C(NCCC1CCNC1)c1cc(Cl)cc(Cl)c1. The average molecular weight is 287 g/mol. The Morgan fingerprint density at radius 2 is 2.06 bits per heavy atom. The van der Waals surface area contributed by atoms with Gasteiger partial charge in [-0.3, -0.25) is 4.79 Å². The van der Waals surface area contributed by atoms with E-state index in [1.54, 1.807) is 18.2 Å². The van der Waals surface area contributed by atoms with Crippen LogP contribution in [0.3, 0.4) is 0 Å². The van der Waals surface area contributed by atoms with Crippen molar-refractivity contribution in [1.82, 2.24) is 10.6 Å². The lowest BCUT2D eigenvalue weighted by Gasteiger charge is -2.09. The molecule has 1 unspecified atom stereocenters. The smallest absolute Gasteiger partial charge is 0.251 e. The van der Waals surface area contributed by atoms with Gasteiger partial charge in [0.05, 0.1) is 0 Å². The van der Waals surface area contributed by atoms with E-state index in [0.717, 1.165) is 19.5 Å². The van der Waals surface area contributed by atoms with E-state index in [0.29, 0.717) is 28.1 Å². The standard InChI is InChI=1S/C13H16Cl2N2O/c14-11-5-10(6-12(15)7-11)13(18)17-4-2-9-1-3-16-8-9/h5-7,9,16H,1-4,8H2,(H,17,18). The van der Waals surface area contributed by atoms with Gasteiger partial charge < -0.3 is 10.6 Å². The highest BCUT2D eigenvalue weighted by Crippen LogP contribution is 2.19. The molecule has 1 amide bonds. The second-order valence-corrected chi connectivity index (χ2v) is 5.43. The number of nitrogens with one attached hydrogen (secondary N) is 2. The van der Waals surface area contributed by atoms with Gasteiger partial charge in [0.1, 0.15) is 0 Å². The van der Waals surface area contributed by atoms with Gasteiger partial charge in [0.2, 0.25) is 0 Å². The lowest BCUT2D eigenvalue weighted by molar-refractivity contribution is 0.0951. The molecule has 1 fully saturated rings. The molecular formula is C13H16Cl2N2O. The summed E-state index contributed by atoms with van der Waals surface area (Å²) in [5, 5.41) is 7.16. The van der Waals surface area contributed by atoms with E-state index in [1.165, 1.54) is 6.42 Å². The van der Waals surface area contributed by atoms with Crippen molar-refractivity contribution in [2.45, 2.75) is 12.8 Å². The molecule has 0 aromatic heterocycles. The molecule has 98 valence electrons. The van der Waals surface area contributed by atoms with Crippen molar-refractivity contribution in [2.24, 2.45) is 5.92 Å². The number of carbonyl (C=O) groups excluding carboxylic acids is 1. The lowest BCUT2D eigenvalue weighted by Crippen LogP contribution is -2.26. The van der Waals surface area contributed by atoms with Gasteiger partial charge in [0.25, 0.3) is 5.91 Å². The summed E-state index contributed by atoms with van der Waals surface area (Å²) in [4.78, 5) is 11.9. The van der Waals surface area contributed by atoms with E-state index < -0.39 is 0 Å². The zero-order chi connectivity index (χ0) is 13.0. The quantitative estimate of drug-likeness (QED) is 0.894. The Kier molecular flexibility index (Phi) is 4.87. The first kappa shape index (κ1) is 13.7. The highest BCUT2D eigenvalue weighted by atomic mass is 35.5. The van der Waals surface area contributed by atoms with E-state index in [-0.39, 0.29) is 5.91 Å². The molecule has 1 aliphatic heterocycles. The van der Waals surface area contributed by atoms with Gasteiger partial charge in [-0.15, -0.1) is 0 Å². The van der Waals surface area contributed by atoms with Crippen LogP contribution in [0.15, 0.2) is 18.2 Å². The number of hydrogen-bond donors (Lipinski definition) is 2. The minimum atomic E-state index is -0.120. The highest BCUT2D eigenvalue weighted by Gasteiger charge is 2.14. The summed E-state index contributed by atoms with van der Waals surface area (Å²) in [7, 11) is 0. The molecule has 5 heteroatoms. The molecule has 1 saturated heterocycles. The maximum atomic E-state index is 11.9. The number of amides is 1. The normalized spacial score (nSPS) is 18.9. The van der Waals surface area contributed by atoms with Crippen LogP contribution in [-0.2, 0) is 0 Å². The largest absolute Gasteiger partial charge is 0.352 e. The molecule has 0 bridgehead atoms. The van der Waals surface area contributed by atoms with Crippen LogP contribution in [0.4, 0.5) is 0 Å².